The van der Waals surface area contributed by atoms with Gasteiger partial charge in [-0.2, -0.15) is 0 Å². The highest BCUT2D eigenvalue weighted by Crippen LogP contribution is 2.54. The van der Waals surface area contributed by atoms with E-state index in [1.54, 1.807) is 0 Å². The molecule has 0 N–H and O–H groups in total. The molecule has 0 unspecified atom stereocenters. The Morgan fingerprint density at radius 1 is 0.300 bits per heavy atom. The monoisotopic (exact) mass is 1020 g/mol. The van der Waals surface area contributed by atoms with E-state index in [4.69, 9.17) is 0 Å². The predicted molar refractivity (Wildman–Crippen MR) is 341 cm³/mol. The summed E-state index contributed by atoms with van der Waals surface area (Å²) in [6.45, 7) is 6.95. The normalized spacial score (nSPS) is 12.6. The number of anilines is 6. The number of rotatable bonds is 8. The maximum Gasteiger partial charge on any atom is 0.252 e. The molecule has 0 aliphatic carbocycles. The van der Waals surface area contributed by atoms with Gasteiger partial charge in [-0.05, 0) is 103 Å². The molecule has 0 saturated heterocycles. The molecule has 12 aromatic carbocycles. The molecule has 15 rings (SSSR count). The third-order valence-corrected chi connectivity index (χ3v) is 16.7. The Labute approximate surface area is 469 Å². The minimum atomic E-state index is -0.247. The van der Waals surface area contributed by atoms with Gasteiger partial charge in [0.05, 0.1) is 22.4 Å². The number of benzene rings is 12. The van der Waals surface area contributed by atoms with Crippen molar-refractivity contribution >= 4 is 79.0 Å². The molecule has 378 valence electrons. The molecule has 0 fully saturated rings. The van der Waals surface area contributed by atoms with Crippen LogP contribution in [0.15, 0.2) is 285 Å². The van der Waals surface area contributed by atoms with Gasteiger partial charge >= 0.3 is 0 Å². The lowest BCUT2D eigenvalue weighted by molar-refractivity contribution is 0.590. The van der Waals surface area contributed by atoms with Gasteiger partial charge in [-0.3, -0.25) is 0 Å². The van der Waals surface area contributed by atoms with Gasteiger partial charge in [0.15, 0.2) is 0 Å². The van der Waals surface area contributed by atoms with E-state index in [-0.39, 0.29) is 12.1 Å². The first kappa shape index (κ1) is 47.3. The van der Waals surface area contributed by atoms with Crippen molar-refractivity contribution in [3.63, 3.8) is 0 Å². The van der Waals surface area contributed by atoms with E-state index in [9.17, 15) is 0 Å². The molecule has 0 atom stereocenters. The molecule has 0 spiro atoms. The van der Waals surface area contributed by atoms with Gasteiger partial charge in [0.1, 0.15) is 0 Å². The van der Waals surface area contributed by atoms with Gasteiger partial charge in [0.2, 0.25) is 0 Å². The Kier molecular flexibility index (Phi) is 11.2. The Morgan fingerprint density at radius 3 is 1.16 bits per heavy atom. The van der Waals surface area contributed by atoms with Crippen LogP contribution in [-0.4, -0.2) is 11.3 Å². The maximum absolute atomic E-state index is 2.67. The maximum atomic E-state index is 2.67. The highest BCUT2D eigenvalue weighted by Gasteiger charge is 2.46. The van der Waals surface area contributed by atoms with Gasteiger partial charge in [-0.25, -0.2) is 0 Å². The van der Waals surface area contributed by atoms with Crippen molar-refractivity contribution in [1.29, 1.82) is 0 Å². The summed E-state index contributed by atoms with van der Waals surface area (Å²) in [5, 5.41) is 2.48. The Balaban J connectivity index is 1.12. The zero-order valence-corrected chi connectivity index (χ0v) is 45.1. The first-order valence-electron chi connectivity index (χ1n) is 28.0. The number of hydrogen-bond donors (Lipinski definition) is 0. The van der Waals surface area contributed by atoms with E-state index in [0.717, 1.165) is 45.0 Å². The van der Waals surface area contributed by atoms with Gasteiger partial charge in [-0.15, -0.1) is 0 Å². The number of para-hydroxylation sites is 4. The molecule has 2 aliphatic heterocycles. The largest absolute Gasteiger partial charge is 0.310 e. The minimum Gasteiger partial charge on any atom is -0.310 e. The summed E-state index contributed by atoms with van der Waals surface area (Å²) in [5.74, 6) is 0. The van der Waals surface area contributed by atoms with Gasteiger partial charge in [0, 0.05) is 61.5 Å². The van der Waals surface area contributed by atoms with Crippen LogP contribution in [0.2, 0.25) is 0 Å². The third-order valence-electron chi connectivity index (χ3n) is 16.7. The summed E-state index contributed by atoms with van der Waals surface area (Å²) in [4.78, 5) is 5.32. The average Bonchev–Trinajstić information content (AvgIpc) is 4.00. The molecule has 3 heterocycles. The Bertz CT molecular complexity index is 4340. The molecule has 0 bridgehead atoms. The molecule has 1 aromatic heterocycles. The van der Waals surface area contributed by atoms with Crippen molar-refractivity contribution in [2.24, 2.45) is 0 Å². The standard InChI is InChI=1S/C76H56BN3/c1-76(2,3)57-48-71-73-72(49-57)80(75-61(54-31-15-7-16-32-54)39-24-40-62(75)55-33-17-8-18-34-55)70-50-58(78-67-41-21-19-35-63(67)64-36-20-22-42-68(64)78)44-45-65(70)77(73)66-47-56(51-25-9-4-10-26-51)43-46-69(66)79(71)74-59(52-27-11-5-12-28-52)37-23-38-60(74)53-29-13-6-14-30-53/h4-50H,1-3H3. The molecule has 4 heteroatoms. The zero-order valence-electron chi connectivity index (χ0n) is 45.1. The molecule has 3 nitrogen and oxygen atoms in total. The van der Waals surface area contributed by atoms with E-state index in [2.05, 4.69) is 320 Å². The Hall–Kier alpha value is -9.90. The first-order valence-corrected chi connectivity index (χ1v) is 28.0. The fraction of sp³-hybridized carbons (Fsp3) is 0.0526. The predicted octanol–water partition coefficient (Wildman–Crippen LogP) is 18.5. The third kappa shape index (κ3) is 7.66. The molecule has 0 radical (unpaired) electrons. The highest BCUT2D eigenvalue weighted by molar-refractivity contribution is 7.00. The summed E-state index contributed by atoms with van der Waals surface area (Å²) in [6.07, 6.45) is 0. The lowest BCUT2D eigenvalue weighted by atomic mass is 9.33. The van der Waals surface area contributed by atoms with Crippen LogP contribution in [-0.2, 0) is 5.41 Å². The molecule has 0 saturated carbocycles. The highest BCUT2D eigenvalue weighted by atomic mass is 15.2. The average molecular weight is 1020 g/mol. The molecule has 13 aromatic rings. The number of hydrogen-bond acceptors (Lipinski definition) is 2. The van der Waals surface area contributed by atoms with Crippen molar-refractivity contribution in [3.8, 4) is 61.3 Å². The van der Waals surface area contributed by atoms with Crippen LogP contribution in [0.25, 0.3) is 83.1 Å². The second kappa shape index (κ2) is 18.9. The fourth-order valence-electron chi connectivity index (χ4n) is 13.0. The van der Waals surface area contributed by atoms with Gasteiger partial charge in [0.25, 0.3) is 6.71 Å². The van der Waals surface area contributed by atoms with E-state index in [0.29, 0.717) is 0 Å². The van der Waals surface area contributed by atoms with Crippen molar-refractivity contribution in [2.45, 2.75) is 26.2 Å². The minimum absolute atomic E-state index is 0.157. The molecule has 80 heavy (non-hydrogen) atoms. The SMILES string of the molecule is CC(C)(C)c1cc2c3c(c1)N(c1c(-c4ccccc4)cccc1-c1ccccc1)c1cc(-n4c5ccccc5c5ccccc54)ccc1B3c1cc(-c3ccccc3)ccc1N2c1c(-c2ccccc2)cccc1-c1ccccc1. The van der Waals surface area contributed by atoms with Crippen LogP contribution < -0.4 is 26.2 Å². The van der Waals surface area contributed by atoms with Crippen molar-refractivity contribution < 1.29 is 0 Å². The smallest absolute Gasteiger partial charge is 0.252 e. The van der Waals surface area contributed by atoms with Crippen LogP contribution in [0, 0.1) is 0 Å². The van der Waals surface area contributed by atoms with Crippen molar-refractivity contribution in [3.05, 3.63) is 291 Å². The van der Waals surface area contributed by atoms with Crippen LogP contribution in [0.3, 0.4) is 0 Å². The van der Waals surface area contributed by atoms with Crippen molar-refractivity contribution in [2.75, 3.05) is 9.80 Å². The number of nitrogens with zero attached hydrogens (tertiary/aromatic N) is 3. The summed E-state index contributed by atoms with van der Waals surface area (Å²) in [6, 6.07) is 106. The lowest BCUT2D eigenvalue weighted by Crippen LogP contribution is -2.61. The molecular weight excluding hydrogens is 966 g/mol. The van der Waals surface area contributed by atoms with E-state index in [1.807, 2.05) is 0 Å². The molecule has 2 aliphatic rings. The van der Waals surface area contributed by atoms with Crippen LogP contribution in [0.5, 0.6) is 0 Å². The molecular formula is C76H56BN3. The van der Waals surface area contributed by atoms with Gasteiger partial charge < -0.3 is 14.4 Å². The van der Waals surface area contributed by atoms with E-state index < -0.39 is 0 Å². The van der Waals surface area contributed by atoms with Crippen molar-refractivity contribution in [1.82, 2.24) is 4.57 Å². The summed E-state index contributed by atoms with van der Waals surface area (Å²) >= 11 is 0. The van der Waals surface area contributed by atoms with Crippen LogP contribution in [0.4, 0.5) is 34.1 Å². The van der Waals surface area contributed by atoms with Gasteiger partial charge in [-0.1, -0.05) is 263 Å². The lowest BCUT2D eigenvalue weighted by Gasteiger charge is -2.46. The second-order valence-corrected chi connectivity index (χ2v) is 22.4. The first-order chi connectivity index (χ1) is 39.4. The van der Waals surface area contributed by atoms with E-state index >= 15 is 0 Å². The second-order valence-electron chi connectivity index (χ2n) is 22.4. The summed E-state index contributed by atoms with van der Waals surface area (Å²) in [7, 11) is 0. The number of fused-ring (bicyclic) bond motifs is 7. The van der Waals surface area contributed by atoms with Crippen LogP contribution in [0.1, 0.15) is 26.3 Å². The molecule has 0 amide bonds. The Morgan fingerprint density at radius 2 is 0.713 bits per heavy atom. The summed E-state index contributed by atoms with van der Waals surface area (Å²) in [5.41, 5.74) is 26.9. The number of aromatic nitrogens is 1. The zero-order chi connectivity index (χ0) is 53.5. The quantitative estimate of drug-likeness (QED) is 0.141. The van der Waals surface area contributed by atoms with E-state index in [1.165, 1.54) is 94.2 Å². The fourth-order valence-corrected chi connectivity index (χ4v) is 13.0. The topological polar surface area (TPSA) is 11.4 Å². The summed E-state index contributed by atoms with van der Waals surface area (Å²) < 4.78 is 2.48. The van der Waals surface area contributed by atoms with Crippen LogP contribution >= 0.6 is 0 Å².